The molecule has 0 heterocycles. The van der Waals surface area contributed by atoms with Gasteiger partial charge in [0.2, 0.25) is 0 Å². The second-order valence-corrected chi connectivity index (χ2v) is 4.49. The van der Waals surface area contributed by atoms with E-state index in [4.69, 9.17) is 9.47 Å². The molecule has 0 aromatic heterocycles. The summed E-state index contributed by atoms with van der Waals surface area (Å²) in [6.07, 6.45) is 0.768. The summed E-state index contributed by atoms with van der Waals surface area (Å²) >= 11 is 0. The molecular weight excluding hydrogens is 270 g/mol. The fourth-order valence-corrected chi connectivity index (χ4v) is 1.78. The van der Waals surface area contributed by atoms with Crippen LogP contribution in [0, 0.1) is 10.1 Å². The molecule has 0 aliphatic carbocycles. The largest absolute Gasteiger partial charge is 0.494 e. The van der Waals surface area contributed by atoms with E-state index < -0.39 is 4.92 Å². The molecule has 0 saturated carbocycles. The van der Waals surface area contributed by atoms with Gasteiger partial charge in [-0.15, -0.1) is 0 Å². The van der Waals surface area contributed by atoms with E-state index in [-0.39, 0.29) is 5.69 Å². The molecule has 0 aliphatic rings. The number of hydrogen-bond donors (Lipinski definition) is 0. The highest BCUT2D eigenvalue weighted by Crippen LogP contribution is 2.17. The standard InChI is InChI=1S/C16H17NO4/c18-17(19)15-7-9-16(10-8-15)21-12-4-11-20-13-14-5-2-1-3-6-14/h1-3,5-10H,4,11-13H2. The number of nitro groups is 1. The van der Waals surface area contributed by atoms with Crippen LogP contribution >= 0.6 is 0 Å². The second-order valence-electron chi connectivity index (χ2n) is 4.49. The van der Waals surface area contributed by atoms with Gasteiger partial charge in [-0.05, 0) is 17.7 Å². The third kappa shape index (κ3) is 5.24. The minimum absolute atomic E-state index is 0.0635. The molecule has 0 atom stereocenters. The van der Waals surface area contributed by atoms with Gasteiger partial charge in [0.25, 0.3) is 5.69 Å². The zero-order chi connectivity index (χ0) is 14.9. The maximum absolute atomic E-state index is 10.5. The highest BCUT2D eigenvalue weighted by Gasteiger charge is 2.04. The van der Waals surface area contributed by atoms with E-state index in [0.717, 1.165) is 12.0 Å². The molecule has 5 heteroatoms. The van der Waals surface area contributed by atoms with E-state index in [9.17, 15) is 10.1 Å². The minimum Gasteiger partial charge on any atom is -0.494 e. The fourth-order valence-electron chi connectivity index (χ4n) is 1.78. The SMILES string of the molecule is O=[N+]([O-])c1ccc(OCCCOCc2ccccc2)cc1. The van der Waals surface area contributed by atoms with Gasteiger partial charge in [0.05, 0.1) is 24.7 Å². The molecule has 0 amide bonds. The van der Waals surface area contributed by atoms with Gasteiger partial charge in [-0.1, -0.05) is 30.3 Å². The van der Waals surface area contributed by atoms with Crippen molar-refractivity contribution in [3.05, 3.63) is 70.3 Å². The first-order valence-electron chi connectivity index (χ1n) is 6.74. The first kappa shape index (κ1) is 15.0. The van der Waals surface area contributed by atoms with Crippen LogP contribution in [0.3, 0.4) is 0 Å². The molecule has 0 radical (unpaired) electrons. The van der Waals surface area contributed by atoms with E-state index in [1.807, 2.05) is 30.3 Å². The Kier molecular flexibility index (Phi) is 5.72. The number of nitro benzene ring substituents is 1. The molecule has 2 aromatic carbocycles. The maximum atomic E-state index is 10.5. The number of hydrogen-bond acceptors (Lipinski definition) is 4. The van der Waals surface area contributed by atoms with Gasteiger partial charge in [-0.2, -0.15) is 0 Å². The number of nitrogens with zero attached hydrogens (tertiary/aromatic N) is 1. The van der Waals surface area contributed by atoms with Gasteiger partial charge in [0.15, 0.2) is 0 Å². The molecule has 2 aromatic rings. The van der Waals surface area contributed by atoms with E-state index in [0.29, 0.717) is 25.6 Å². The van der Waals surface area contributed by atoms with Gasteiger partial charge >= 0.3 is 0 Å². The topological polar surface area (TPSA) is 61.6 Å². The van der Waals surface area contributed by atoms with Gasteiger partial charge < -0.3 is 9.47 Å². The van der Waals surface area contributed by atoms with Gasteiger partial charge in [-0.25, -0.2) is 0 Å². The molecule has 0 saturated heterocycles. The van der Waals surface area contributed by atoms with Crippen LogP contribution in [0.1, 0.15) is 12.0 Å². The highest BCUT2D eigenvalue weighted by molar-refractivity contribution is 5.35. The smallest absolute Gasteiger partial charge is 0.269 e. The zero-order valence-corrected chi connectivity index (χ0v) is 11.6. The van der Waals surface area contributed by atoms with Crippen LogP contribution in [0.2, 0.25) is 0 Å². The van der Waals surface area contributed by atoms with E-state index in [1.54, 1.807) is 12.1 Å². The molecule has 0 aliphatic heterocycles. The number of rotatable bonds is 8. The molecule has 0 bridgehead atoms. The van der Waals surface area contributed by atoms with Crippen LogP contribution in [0.25, 0.3) is 0 Å². The Bertz CT molecular complexity index is 554. The maximum Gasteiger partial charge on any atom is 0.269 e. The normalized spacial score (nSPS) is 10.3. The van der Waals surface area contributed by atoms with Crippen molar-refractivity contribution < 1.29 is 14.4 Å². The number of benzene rings is 2. The van der Waals surface area contributed by atoms with Gasteiger partial charge in [0, 0.05) is 18.6 Å². The molecule has 2 rings (SSSR count). The average Bonchev–Trinajstić information content (AvgIpc) is 2.52. The minimum atomic E-state index is -0.429. The van der Waals surface area contributed by atoms with Crippen LogP contribution < -0.4 is 4.74 Å². The third-order valence-corrected chi connectivity index (χ3v) is 2.86. The van der Waals surface area contributed by atoms with Crippen molar-refractivity contribution in [2.24, 2.45) is 0 Å². The molecular formula is C16H17NO4. The van der Waals surface area contributed by atoms with Crippen molar-refractivity contribution in [2.75, 3.05) is 13.2 Å². The molecule has 110 valence electrons. The van der Waals surface area contributed by atoms with Crippen molar-refractivity contribution in [1.82, 2.24) is 0 Å². The summed E-state index contributed by atoms with van der Waals surface area (Å²) in [6.45, 7) is 1.73. The lowest BCUT2D eigenvalue weighted by atomic mass is 10.2. The van der Waals surface area contributed by atoms with E-state index in [2.05, 4.69) is 0 Å². The van der Waals surface area contributed by atoms with Crippen LogP contribution in [0.5, 0.6) is 5.75 Å². The summed E-state index contributed by atoms with van der Waals surface area (Å²) in [7, 11) is 0. The predicted octanol–water partition coefficient (Wildman–Crippen LogP) is 3.58. The van der Waals surface area contributed by atoms with Crippen LogP contribution in [-0.4, -0.2) is 18.1 Å². The average molecular weight is 287 g/mol. The van der Waals surface area contributed by atoms with Crippen molar-refractivity contribution >= 4 is 5.69 Å². The Labute approximate surface area is 123 Å². The van der Waals surface area contributed by atoms with Crippen LogP contribution in [0.4, 0.5) is 5.69 Å². The lowest BCUT2D eigenvalue weighted by Crippen LogP contribution is -2.03. The zero-order valence-electron chi connectivity index (χ0n) is 11.6. The number of non-ortho nitro benzene ring substituents is 1. The summed E-state index contributed by atoms with van der Waals surface area (Å²) < 4.78 is 11.0. The van der Waals surface area contributed by atoms with Crippen molar-refractivity contribution in [1.29, 1.82) is 0 Å². The summed E-state index contributed by atoms with van der Waals surface area (Å²) in [5, 5.41) is 10.5. The fraction of sp³-hybridized carbons (Fsp3) is 0.250. The lowest BCUT2D eigenvalue weighted by molar-refractivity contribution is -0.384. The predicted molar refractivity (Wildman–Crippen MR) is 79.3 cm³/mol. The Hall–Kier alpha value is -2.40. The second kappa shape index (κ2) is 8.01. The number of ether oxygens (including phenoxy) is 2. The first-order valence-corrected chi connectivity index (χ1v) is 6.74. The van der Waals surface area contributed by atoms with Crippen molar-refractivity contribution in [3.63, 3.8) is 0 Å². The molecule has 0 spiro atoms. The quantitative estimate of drug-likeness (QED) is 0.423. The molecule has 0 fully saturated rings. The summed E-state index contributed by atoms with van der Waals surface area (Å²) in [6, 6.07) is 16.0. The Morgan fingerprint density at radius 2 is 1.67 bits per heavy atom. The Balaban J connectivity index is 1.60. The molecule has 0 unspecified atom stereocenters. The van der Waals surface area contributed by atoms with Crippen LogP contribution in [-0.2, 0) is 11.3 Å². The highest BCUT2D eigenvalue weighted by atomic mass is 16.6. The summed E-state index contributed by atoms with van der Waals surface area (Å²) in [4.78, 5) is 10.1. The van der Waals surface area contributed by atoms with Crippen molar-refractivity contribution in [2.45, 2.75) is 13.0 Å². The van der Waals surface area contributed by atoms with Gasteiger partial charge in [-0.3, -0.25) is 10.1 Å². The van der Waals surface area contributed by atoms with Crippen LogP contribution in [0.15, 0.2) is 54.6 Å². The van der Waals surface area contributed by atoms with Gasteiger partial charge in [0.1, 0.15) is 5.75 Å². The molecule has 21 heavy (non-hydrogen) atoms. The van der Waals surface area contributed by atoms with E-state index >= 15 is 0 Å². The first-order chi connectivity index (χ1) is 10.3. The summed E-state index contributed by atoms with van der Waals surface area (Å²) in [5.41, 5.74) is 1.21. The monoisotopic (exact) mass is 287 g/mol. The Morgan fingerprint density at radius 3 is 2.33 bits per heavy atom. The lowest BCUT2D eigenvalue weighted by Gasteiger charge is -2.07. The molecule has 0 N–H and O–H groups in total. The van der Waals surface area contributed by atoms with E-state index in [1.165, 1.54) is 12.1 Å². The third-order valence-electron chi connectivity index (χ3n) is 2.86. The molecule has 5 nitrogen and oxygen atoms in total. The Morgan fingerprint density at radius 1 is 0.952 bits per heavy atom. The van der Waals surface area contributed by atoms with Crippen molar-refractivity contribution in [3.8, 4) is 5.75 Å². The summed E-state index contributed by atoms with van der Waals surface area (Å²) in [5.74, 6) is 0.628.